The number of benzene rings is 2. The molecule has 6 rings (SSSR count). The van der Waals surface area contributed by atoms with Gasteiger partial charge in [0.15, 0.2) is 0 Å². The number of nitrogens with zero attached hydrogens (tertiary/aromatic N) is 3. The Morgan fingerprint density at radius 1 is 0.633 bits per heavy atom. The Balaban J connectivity index is 0.000000140. The van der Waals surface area contributed by atoms with Crippen molar-refractivity contribution in [2.24, 2.45) is 0 Å². The second kappa shape index (κ2) is 7.76. The van der Waals surface area contributed by atoms with E-state index in [1.807, 2.05) is 36.4 Å². The van der Waals surface area contributed by atoms with E-state index in [0.29, 0.717) is 5.82 Å². The molecule has 0 saturated heterocycles. The summed E-state index contributed by atoms with van der Waals surface area (Å²) in [5.41, 5.74) is 14.5. The third kappa shape index (κ3) is 3.40. The first-order valence-electron chi connectivity index (χ1n) is 9.86. The molecule has 0 fully saturated rings. The molecule has 0 bridgehead atoms. The van der Waals surface area contributed by atoms with Crippen LogP contribution in [0.15, 0.2) is 97.6 Å². The van der Waals surface area contributed by atoms with Gasteiger partial charge in [0, 0.05) is 36.6 Å². The van der Waals surface area contributed by atoms with Crippen molar-refractivity contribution in [3.63, 3.8) is 0 Å². The number of aromatic nitrogens is 3. The molecule has 144 valence electrons. The maximum atomic E-state index is 5.81. The maximum Gasteiger partial charge on any atom is 0.124 e. The molecule has 3 aromatic heterocycles. The Morgan fingerprint density at radius 3 is 1.97 bits per heavy atom. The van der Waals surface area contributed by atoms with E-state index < -0.39 is 0 Å². The average molecular weight is 388 g/mol. The van der Waals surface area contributed by atoms with Crippen LogP contribution in [0.25, 0.3) is 33.2 Å². The number of nitrogens with two attached hydrogens (primary N) is 1. The van der Waals surface area contributed by atoms with Crippen molar-refractivity contribution in [3.05, 3.63) is 109 Å². The Bertz CT molecular complexity index is 1280. The van der Waals surface area contributed by atoms with E-state index in [0.717, 1.165) is 17.3 Å². The molecule has 1 aliphatic rings. The number of anilines is 1. The predicted molar refractivity (Wildman–Crippen MR) is 122 cm³/mol. The summed E-state index contributed by atoms with van der Waals surface area (Å²) in [4.78, 5) is 12.4. The van der Waals surface area contributed by atoms with Crippen molar-refractivity contribution in [3.8, 4) is 22.3 Å². The van der Waals surface area contributed by atoms with E-state index in [1.165, 1.54) is 33.4 Å². The number of nitrogen functional groups attached to an aromatic ring is 1. The van der Waals surface area contributed by atoms with Gasteiger partial charge in [0.1, 0.15) is 5.82 Å². The van der Waals surface area contributed by atoms with Crippen molar-refractivity contribution >= 4 is 16.7 Å². The molecule has 5 aromatic rings. The van der Waals surface area contributed by atoms with Crippen LogP contribution in [-0.2, 0) is 6.42 Å². The molecule has 2 N–H and O–H groups in total. The van der Waals surface area contributed by atoms with E-state index in [9.17, 15) is 0 Å². The van der Waals surface area contributed by atoms with Crippen molar-refractivity contribution in [1.29, 1.82) is 0 Å². The van der Waals surface area contributed by atoms with Crippen LogP contribution in [0, 0.1) is 0 Å². The summed E-state index contributed by atoms with van der Waals surface area (Å²) in [5.74, 6) is 0.590. The highest BCUT2D eigenvalue weighted by Crippen LogP contribution is 2.39. The normalized spacial score (nSPS) is 11.3. The molecule has 4 heteroatoms. The first kappa shape index (κ1) is 18.0. The first-order valence-corrected chi connectivity index (χ1v) is 9.86. The highest BCUT2D eigenvalue weighted by atomic mass is 14.8. The SMILES string of the molecule is Nc1ccc2ccc3c(c2n1)Cc1ccccc1-3.c1cc(-c2ccncc2)ccn1. The lowest BCUT2D eigenvalue weighted by Crippen LogP contribution is -1.93. The van der Waals surface area contributed by atoms with E-state index in [2.05, 4.69) is 51.4 Å². The van der Waals surface area contributed by atoms with Gasteiger partial charge in [0.25, 0.3) is 0 Å². The van der Waals surface area contributed by atoms with Crippen molar-refractivity contribution < 1.29 is 0 Å². The molecule has 3 heterocycles. The number of rotatable bonds is 1. The van der Waals surface area contributed by atoms with Gasteiger partial charge < -0.3 is 5.73 Å². The van der Waals surface area contributed by atoms with E-state index in [1.54, 1.807) is 24.8 Å². The smallest absolute Gasteiger partial charge is 0.124 e. The number of pyridine rings is 3. The zero-order chi connectivity index (χ0) is 20.3. The highest BCUT2D eigenvalue weighted by Gasteiger charge is 2.20. The zero-order valence-electron chi connectivity index (χ0n) is 16.4. The van der Waals surface area contributed by atoms with Gasteiger partial charge in [-0.15, -0.1) is 0 Å². The van der Waals surface area contributed by atoms with Gasteiger partial charge >= 0.3 is 0 Å². The third-order valence-corrected chi connectivity index (χ3v) is 5.36. The minimum Gasteiger partial charge on any atom is -0.384 e. The highest BCUT2D eigenvalue weighted by molar-refractivity contribution is 5.93. The summed E-state index contributed by atoms with van der Waals surface area (Å²) >= 11 is 0. The average Bonchev–Trinajstić information content (AvgIpc) is 3.20. The lowest BCUT2D eigenvalue weighted by atomic mass is 10.0. The molecule has 0 atom stereocenters. The molecular formula is C26H20N4. The van der Waals surface area contributed by atoms with Crippen LogP contribution in [0.1, 0.15) is 11.1 Å². The topological polar surface area (TPSA) is 64.7 Å². The molecule has 1 aliphatic carbocycles. The number of hydrogen-bond acceptors (Lipinski definition) is 4. The van der Waals surface area contributed by atoms with Crippen LogP contribution in [0.2, 0.25) is 0 Å². The predicted octanol–water partition coefficient (Wildman–Crippen LogP) is 5.53. The fourth-order valence-electron chi connectivity index (χ4n) is 3.91. The summed E-state index contributed by atoms with van der Waals surface area (Å²) in [6.07, 6.45) is 8.11. The molecule has 2 aromatic carbocycles. The molecule has 0 spiro atoms. The van der Waals surface area contributed by atoms with Crippen molar-refractivity contribution in [2.75, 3.05) is 5.73 Å². The first-order chi connectivity index (χ1) is 14.8. The molecular weight excluding hydrogens is 368 g/mol. The summed E-state index contributed by atoms with van der Waals surface area (Å²) < 4.78 is 0. The minimum atomic E-state index is 0.590. The van der Waals surface area contributed by atoms with E-state index in [4.69, 9.17) is 5.73 Å². The van der Waals surface area contributed by atoms with Gasteiger partial charge in [0.2, 0.25) is 0 Å². The largest absolute Gasteiger partial charge is 0.384 e. The van der Waals surface area contributed by atoms with Crippen LogP contribution in [0.4, 0.5) is 5.82 Å². The van der Waals surface area contributed by atoms with Gasteiger partial charge in [-0.1, -0.05) is 36.4 Å². The van der Waals surface area contributed by atoms with Crippen LogP contribution in [0.5, 0.6) is 0 Å². The van der Waals surface area contributed by atoms with Gasteiger partial charge in [-0.2, -0.15) is 0 Å². The fraction of sp³-hybridized carbons (Fsp3) is 0.0385. The van der Waals surface area contributed by atoms with Crippen LogP contribution in [-0.4, -0.2) is 15.0 Å². The van der Waals surface area contributed by atoms with E-state index in [-0.39, 0.29) is 0 Å². The standard InChI is InChI=1S/C16H12N2.C10H8N2/c17-15-8-6-10-5-7-13-12-4-2-1-3-11(12)9-14(13)16(10)18-15;1-5-11-6-2-9(1)10-3-7-12-8-4-10/h1-8H,9H2,(H2,17,18);1-8H. The molecule has 0 unspecified atom stereocenters. The Labute approximate surface area is 175 Å². The molecule has 30 heavy (non-hydrogen) atoms. The van der Waals surface area contributed by atoms with Gasteiger partial charge in [-0.25, -0.2) is 4.98 Å². The maximum absolute atomic E-state index is 5.81. The van der Waals surface area contributed by atoms with Gasteiger partial charge in [-0.05, 0) is 69.8 Å². The molecule has 0 saturated carbocycles. The summed E-state index contributed by atoms with van der Waals surface area (Å²) in [5, 5.41) is 1.16. The fourth-order valence-corrected chi connectivity index (χ4v) is 3.91. The minimum absolute atomic E-state index is 0.590. The molecule has 0 amide bonds. The summed E-state index contributed by atoms with van der Waals surface area (Å²) in [6, 6.07) is 24.7. The number of hydrogen-bond donors (Lipinski definition) is 1. The van der Waals surface area contributed by atoms with Crippen LogP contribution in [0.3, 0.4) is 0 Å². The quantitative estimate of drug-likeness (QED) is 0.402. The van der Waals surface area contributed by atoms with Crippen molar-refractivity contribution in [1.82, 2.24) is 15.0 Å². The lowest BCUT2D eigenvalue weighted by molar-refractivity contribution is 1.26. The summed E-state index contributed by atoms with van der Waals surface area (Å²) in [6.45, 7) is 0. The molecule has 0 aliphatic heterocycles. The molecule has 0 radical (unpaired) electrons. The Kier molecular flexibility index (Phi) is 4.66. The second-order valence-corrected chi connectivity index (χ2v) is 7.21. The third-order valence-electron chi connectivity index (χ3n) is 5.36. The summed E-state index contributed by atoms with van der Waals surface area (Å²) in [7, 11) is 0. The Hall–Kier alpha value is -4.05. The second-order valence-electron chi connectivity index (χ2n) is 7.21. The lowest BCUT2D eigenvalue weighted by Gasteiger charge is -2.05. The van der Waals surface area contributed by atoms with E-state index >= 15 is 0 Å². The monoisotopic (exact) mass is 388 g/mol. The van der Waals surface area contributed by atoms with Crippen molar-refractivity contribution in [2.45, 2.75) is 6.42 Å². The van der Waals surface area contributed by atoms with Crippen LogP contribution >= 0.6 is 0 Å². The number of fused-ring (bicyclic) bond motifs is 5. The zero-order valence-corrected chi connectivity index (χ0v) is 16.4. The van der Waals surface area contributed by atoms with Gasteiger partial charge in [0.05, 0.1) is 5.52 Å². The van der Waals surface area contributed by atoms with Crippen LogP contribution < -0.4 is 5.73 Å². The van der Waals surface area contributed by atoms with Gasteiger partial charge in [-0.3, -0.25) is 9.97 Å². The molecule has 4 nitrogen and oxygen atoms in total. The Morgan fingerprint density at radius 2 is 1.27 bits per heavy atom.